The minimum Gasteiger partial charge on any atom is -0.492 e. The summed E-state index contributed by atoms with van der Waals surface area (Å²) in [6.07, 6.45) is 0. The first kappa shape index (κ1) is 10.9. The van der Waals surface area contributed by atoms with Crippen molar-refractivity contribution in [3.63, 3.8) is 0 Å². The molecule has 1 aromatic rings. The van der Waals surface area contributed by atoms with Gasteiger partial charge in [0.15, 0.2) is 0 Å². The Kier molecular flexibility index (Phi) is 4.35. The van der Waals surface area contributed by atoms with E-state index in [0.717, 1.165) is 0 Å². The van der Waals surface area contributed by atoms with Crippen molar-refractivity contribution in [2.45, 2.75) is 6.04 Å². The second-order valence-corrected chi connectivity index (χ2v) is 2.98. The van der Waals surface area contributed by atoms with E-state index < -0.39 is 0 Å². The van der Waals surface area contributed by atoms with Crippen molar-refractivity contribution in [3.05, 3.63) is 30.1 Å². The first-order valence-corrected chi connectivity index (χ1v) is 4.35. The van der Waals surface area contributed by atoms with Crippen LogP contribution in [0, 0.1) is 5.82 Å². The monoisotopic (exact) mass is 199 g/mol. The van der Waals surface area contributed by atoms with E-state index >= 15 is 0 Å². The van der Waals surface area contributed by atoms with Crippen molar-refractivity contribution in [3.8, 4) is 5.75 Å². The summed E-state index contributed by atoms with van der Waals surface area (Å²) in [5, 5.41) is 0. The van der Waals surface area contributed by atoms with E-state index in [1.165, 1.54) is 12.1 Å². The first-order valence-electron chi connectivity index (χ1n) is 4.35. The average molecular weight is 199 g/mol. The highest BCUT2D eigenvalue weighted by Crippen LogP contribution is 2.10. The summed E-state index contributed by atoms with van der Waals surface area (Å²) in [5.41, 5.74) is 5.64. The van der Waals surface area contributed by atoms with Gasteiger partial charge in [0, 0.05) is 7.11 Å². The van der Waals surface area contributed by atoms with Crippen molar-refractivity contribution in [1.29, 1.82) is 0 Å². The van der Waals surface area contributed by atoms with Gasteiger partial charge in [-0.15, -0.1) is 0 Å². The fraction of sp³-hybridized carbons (Fsp3) is 0.400. The quantitative estimate of drug-likeness (QED) is 0.774. The Morgan fingerprint density at radius 2 is 1.93 bits per heavy atom. The highest BCUT2D eigenvalue weighted by Gasteiger charge is 2.02. The van der Waals surface area contributed by atoms with E-state index in [1.807, 2.05) is 0 Å². The van der Waals surface area contributed by atoms with Crippen molar-refractivity contribution in [2.75, 3.05) is 20.3 Å². The van der Waals surface area contributed by atoms with Crippen LogP contribution in [-0.4, -0.2) is 26.4 Å². The summed E-state index contributed by atoms with van der Waals surface area (Å²) >= 11 is 0. The third-order valence-electron chi connectivity index (χ3n) is 1.66. The second-order valence-electron chi connectivity index (χ2n) is 2.98. The molecule has 0 aliphatic rings. The Morgan fingerprint density at radius 1 is 1.29 bits per heavy atom. The molecule has 0 aliphatic carbocycles. The topological polar surface area (TPSA) is 44.5 Å². The maximum absolute atomic E-state index is 12.5. The molecule has 2 N–H and O–H groups in total. The molecule has 0 spiro atoms. The van der Waals surface area contributed by atoms with Crippen LogP contribution in [0.5, 0.6) is 5.75 Å². The molecule has 0 saturated heterocycles. The van der Waals surface area contributed by atoms with Crippen LogP contribution in [0.4, 0.5) is 4.39 Å². The van der Waals surface area contributed by atoms with Gasteiger partial charge < -0.3 is 15.2 Å². The Balaban J connectivity index is 2.34. The van der Waals surface area contributed by atoms with Crippen LogP contribution in [0.3, 0.4) is 0 Å². The van der Waals surface area contributed by atoms with Gasteiger partial charge in [-0.3, -0.25) is 0 Å². The predicted molar refractivity (Wildman–Crippen MR) is 51.7 cm³/mol. The molecule has 1 rings (SSSR count). The normalized spacial score (nSPS) is 12.5. The van der Waals surface area contributed by atoms with Crippen LogP contribution >= 0.6 is 0 Å². The Hall–Kier alpha value is -1.13. The van der Waals surface area contributed by atoms with Gasteiger partial charge >= 0.3 is 0 Å². The number of ether oxygens (including phenoxy) is 2. The largest absolute Gasteiger partial charge is 0.492 e. The second kappa shape index (κ2) is 5.57. The number of methoxy groups -OCH3 is 1. The zero-order valence-electron chi connectivity index (χ0n) is 8.07. The minimum atomic E-state index is -0.279. The summed E-state index contributed by atoms with van der Waals surface area (Å²) in [6.45, 7) is 0.806. The lowest BCUT2D eigenvalue weighted by Gasteiger charge is -2.11. The third-order valence-corrected chi connectivity index (χ3v) is 1.66. The van der Waals surface area contributed by atoms with E-state index in [4.69, 9.17) is 15.2 Å². The molecular formula is C10H14FNO2. The summed E-state index contributed by atoms with van der Waals surface area (Å²) in [5.74, 6) is 0.330. The lowest BCUT2D eigenvalue weighted by atomic mass is 10.3. The first-order chi connectivity index (χ1) is 6.72. The number of hydrogen-bond donors (Lipinski definition) is 1. The molecule has 0 radical (unpaired) electrons. The Bertz CT molecular complexity index is 263. The van der Waals surface area contributed by atoms with E-state index in [2.05, 4.69) is 0 Å². The number of halogens is 1. The lowest BCUT2D eigenvalue weighted by molar-refractivity contribution is 0.152. The van der Waals surface area contributed by atoms with Gasteiger partial charge in [0.1, 0.15) is 18.2 Å². The number of hydrogen-bond acceptors (Lipinski definition) is 3. The standard InChI is InChI=1S/C10H14FNO2/c1-13-6-9(12)7-14-10-4-2-8(11)3-5-10/h2-5,9H,6-7,12H2,1H3/t9-/m1/s1. The predicted octanol–water partition coefficient (Wildman–Crippen LogP) is 1.18. The molecular weight excluding hydrogens is 185 g/mol. The molecule has 0 amide bonds. The van der Waals surface area contributed by atoms with E-state index in [0.29, 0.717) is 19.0 Å². The van der Waals surface area contributed by atoms with E-state index in [-0.39, 0.29) is 11.9 Å². The molecule has 0 unspecified atom stereocenters. The van der Waals surface area contributed by atoms with Crippen LogP contribution in [0.15, 0.2) is 24.3 Å². The van der Waals surface area contributed by atoms with Gasteiger partial charge in [-0.1, -0.05) is 0 Å². The van der Waals surface area contributed by atoms with Crippen LogP contribution in [0.25, 0.3) is 0 Å². The summed E-state index contributed by atoms with van der Waals surface area (Å²) < 4.78 is 22.7. The zero-order valence-corrected chi connectivity index (χ0v) is 8.07. The van der Waals surface area contributed by atoms with E-state index in [1.54, 1.807) is 19.2 Å². The molecule has 0 aromatic heterocycles. The maximum atomic E-state index is 12.5. The molecule has 0 bridgehead atoms. The summed E-state index contributed by atoms with van der Waals surface area (Å²) in [7, 11) is 1.58. The zero-order chi connectivity index (χ0) is 10.4. The fourth-order valence-corrected chi connectivity index (χ4v) is 0.996. The summed E-state index contributed by atoms with van der Waals surface area (Å²) in [6, 6.07) is 5.66. The minimum absolute atomic E-state index is 0.162. The van der Waals surface area contributed by atoms with E-state index in [9.17, 15) is 4.39 Å². The van der Waals surface area contributed by atoms with Crippen LogP contribution in [0.2, 0.25) is 0 Å². The molecule has 1 atom stereocenters. The lowest BCUT2D eigenvalue weighted by Crippen LogP contribution is -2.32. The Morgan fingerprint density at radius 3 is 2.50 bits per heavy atom. The van der Waals surface area contributed by atoms with Gasteiger partial charge in [0.25, 0.3) is 0 Å². The van der Waals surface area contributed by atoms with Crippen molar-refractivity contribution < 1.29 is 13.9 Å². The number of nitrogens with two attached hydrogens (primary N) is 1. The SMILES string of the molecule is COC[C@@H](N)COc1ccc(F)cc1. The smallest absolute Gasteiger partial charge is 0.123 e. The molecule has 78 valence electrons. The van der Waals surface area contributed by atoms with Gasteiger partial charge in [-0.2, -0.15) is 0 Å². The van der Waals surface area contributed by atoms with Crippen LogP contribution < -0.4 is 10.5 Å². The van der Waals surface area contributed by atoms with Gasteiger partial charge in [0.2, 0.25) is 0 Å². The average Bonchev–Trinajstić information content (AvgIpc) is 2.17. The number of rotatable bonds is 5. The molecule has 0 heterocycles. The highest BCUT2D eigenvalue weighted by atomic mass is 19.1. The third kappa shape index (κ3) is 3.72. The van der Waals surface area contributed by atoms with Crippen LogP contribution in [-0.2, 0) is 4.74 Å². The van der Waals surface area contributed by atoms with Crippen LogP contribution in [0.1, 0.15) is 0 Å². The highest BCUT2D eigenvalue weighted by molar-refractivity contribution is 5.22. The molecule has 4 heteroatoms. The van der Waals surface area contributed by atoms with Crippen molar-refractivity contribution in [2.24, 2.45) is 5.73 Å². The number of benzene rings is 1. The van der Waals surface area contributed by atoms with Gasteiger partial charge in [0.05, 0.1) is 12.6 Å². The Labute approximate surface area is 82.6 Å². The molecule has 14 heavy (non-hydrogen) atoms. The molecule has 0 saturated carbocycles. The fourth-order valence-electron chi connectivity index (χ4n) is 0.996. The summed E-state index contributed by atoms with van der Waals surface area (Å²) in [4.78, 5) is 0. The molecule has 1 aromatic carbocycles. The molecule has 3 nitrogen and oxygen atoms in total. The molecule has 0 fully saturated rings. The van der Waals surface area contributed by atoms with Crippen molar-refractivity contribution in [1.82, 2.24) is 0 Å². The van der Waals surface area contributed by atoms with Gasteiger partial charge in [-0.05, 0) is 24.3 Å². The molecule has 0 aliphatic heterocycles. The van der Waals surface area contributed by atoms with Crippen molar-refractivity contribution >= 4 is 0 Å². The maximum Gasteiger partial charge on any atom is 0.123 e. The van der Waals surface area contributed by atoms with Gasteiger partial charge in [-0.25, -0.2) is 4.39 Å².